The monoisotopic (exact) mass is 222 g/mol. The van der Waals surface area contributed by atoms with E-state index < -0.39 is 0 Å². The largest absolute Gasteiger partial charge is 0.299 e. The molecule has 2 saturated carbocycles. The minimum Gasteiger partial charge on any atom is -0.299 e. The van der Waals surface area contributed by atoms with Crippen molar-refractivity contribution in [2.45, 2.75) is 32.1 Å². The molecule has 3 atom stereocenters. The van der Waals surface area contributed by atoms with E-state index in [4.69, 9.17) is 0 Å². The van der Waals surface area contributed by atoms with Crippen LogP contribution in [0.5, 0.6) is 0 Å². The van der Waals surface area contributed by atoms with Crippen LogP contribution in [0.3, 0.4) is 0 Å². The first-order chi connectivity index (χ1) is 7.33. The van der Waals surface area contributed by atoms with Gasteiger partial charge >= 0.3 is 0 Å². The first kappa shape index (κ1) is 9.46. The maximum absolute atomic E-state index is 12.0. The summed E-state index contributed by atoms with van der Waals surface area (Å²) in [6.45, 7) is 0. The lowest BCUT2D eigenvalue weighted by Crippen LogP contribution is -2.22. The van der Waals surface area contributed by atoms with Crippen LogP contribution in [-0.2, 0) is 11.2 Å². The van der Waals surface area contributed by atoms with E-state index in [1.807, 2.05) is 0 Å². The molecule has 0 radical (unpaired) electrons. The van der Waals surface area contributed by atoms with Gasteiger partial charge in [-0.05, 0) is 31.1 Å². The lowest BCUT2D eigenvalue weighted by molar-refractivity contribution is -0.123. The molecule has 15 heavy (non-hydrogen) atoms. The van der Waals surface area contributed by atoms with Crippen molar-refractivity contribution in [2.75, 3.05) is 0 Å². The first-order valence-corrected chi connectivity index (χ1v) is 6.35. The van der Waals surface area contributed by atoms with Crippen molar-refractivity contribution in [1.29, 1.82) is 0 Å². The number of hydrogen-bond acceptors (Lipinski definition) is 4. The molecule has 4 heteroatoms. The number of Topliss-reactive ketones (excluding diaryl/α,β-unsaturated/α-hetero) is 1. The average molecular weight is 222 g/mol. The van der Waals surface area contributed by atoms with Crippen LogP contribution in [0.4, 0.5) is 0 Å². The standard InChI is InChI=1S/C11H14N2OS/c14-11(5-9-6-12-15-13-9)10-4-7-1-2-8(10)3-7/h6-8,10H,1-5H2. The fourth-order valence-corrected chi connectivity index (χ4v) is 3.64. The van der Waals surface area contributed by atoms with Crippen molar-refractivity contribution in [3.63, 3.8) is 0 Å². The number of aromatic nitrogens is 2. The normalized spacial score (nSPS) is 33.5. The number of nitrogens with zero attached hydrogens (tertiary/aromatic N) is 2. The molecule has 2 fully saturated rings. The Balaban J connectivity index is 1.66. The van der Waals surface area contributed by atoms with E-state index in [-0.39, 0.29) is 0 Å². The Kier molecular flexibility index (Phi) is 2.31. The Morgan fingerprint density at radius 1 is 1.47 bits per heavy atom. The van der Waals surface area contributed by atoms with Gasteiger partial charge in [0, 0.05) is 5.92 Å². The van der Waals surface area contributed by atoms with Gasteiger partial charge in [0.1, 0.15) is 5.78 Å². The molecule has 3 rings (SSSR count). The minimum absolute atomic E-state index is 0.338. The molecule has 3 unspecified atom stereocenters. The first-order valence-electron chi connectivity index (χ1n) is 5.62. The third-order valence-corrected chi connectivity index (χ3v) is 4.43. The molecule has 0 saturated heterocycles. The number of carbonyl (C=O) groups excluding carboxylic acids is 1. The van der Waals surface area contributed by atoms with E-state index in [2.05, 4.69) is 8.75 Å². The molecule has 1 aromatic heterocycles. The topological polar surface area (TPSA) is 42.9 Å². The Morgan fingerprint density at radius 3 is 3.00 bits per heavy atom. The van der Waals surface area contributed by atoms with Gasteiger partial charge in [-0.2, -0.15) is 8.75 Å². The Hall–Kier alpha value is -0.770. The highest BCUT2D eigenvalue weighted by Gasteiger charge is 2.42. The van der Waals surface area contributed by atoms with E-state index in [0.29, 0.717) is 24.0 Å². The lowest BCUT2D eigenvalue weighted by Gasteiger charge is -2.19. The molecule has 2 aliphatic carbocycles. The van der Waals surface area contributed by atoms with Gasteiger partial charge in [0.2, 0.25) is 0 Å². The zero-order chi connectivity index (χ0) is 10.3. The summed E-state index contributed by atoms with van der Waals surface area (Å²) in [7, 11) is 0. The molecule has 0 amide bonds. The van der Waals surface area contributed by atoms with Crippen molar-refractivity contribution < 1.29 is 4.79 Å². The molecule has 1 aromatic rings. The van der Waals surface area contributed by atoms with Crippen molar-refractivity contribution in [1.82, 2.24) is 8.75 Å². The number of hydrogen-bond donors (Lipinski definition) is 0. The third kappa shape index (κ3) is 1.71. The Labute approximate surface area is 93.2 Å². The number of ketones is 1. The number of rotatable bonds is 3. The molecular weight excluding hydrogens is 208 g/mol. The van der Waals surface area contributed by atoms with Gasteiger partial charge in [-0.3, -0.25) is 4.79 Å². The van der Waals surface area contributed by atoms with E-state index in [0.717, 1.165) is 18.0 Å². The van der Waals surface area contributed by atoms with Crippen LogP contribution < -0.4 is 0 Å². The van der Waals surface area contributed by atoms with Crippen LogP contribution in [0.15, 0.2) is 6.20 Å². The van der Waals surface area contributed by atoms with Gasteiger partial charge in [0.15, 0.2) is 0 Å². The van der Waals surface area contributed by atoms with Crippen molar-refractivity contribution in [3.05, 3.63) is 11.9 Å². The molecule has 1 heterocycles. The highest BCUT2D eigenvalue weighted by atomic mass is 32.1. The molecule has 2 bridgehead atoms. The van der Waals surface area contributed by atoms with Crippen LogP contribution in [0.2, 0.25) is 0 Å². The SMILES string of the molecule is O=C(Cc1cnsn1)C1CC2CCC1C2. The molecule has 3 nitrogen and oxygen atoms in total. The maximum Gasteiger partial charge on any atom is 0.142 e. The Bertz CT molecular complexity index is 363. The van der Waals surface area contributed by atoms with Crippen LogP contribution in [0, 0.1) is 17.8 Å². The van der Waals surface area contributed by atoms with Crippen LogP contribution >= 0.6 is 11.7 Å². The number of carbonyl (C=O) groups is 1. The summed E-state index contributed by atoms with van der Waals surface area (Å²) >= 11 is 1.19. The summed E-state index contributed by atoms with van der Waals surface area (Å²) in [6, 6.07) is 0. The third-order valence-electron chi connectivity index (χ3n) is 3.91. The molecule has 2 aliphatic rings. The second kappa shape index (κ2) is 3.67. The highest BCUT2D eigenvalue weighted by Crippen LogP contribution is 2.48. The van der Waals surface area contributed by atoms with Gasteiger partial charge in [0.25, 0.3) is 0 Å². The lowest BCUT2D eigenvalue weighted by atomic mass is 9.84. The van der Waals surface area contributed by atoms with E-state index in [1.54, 1.807) is 6.20 Å². The van der Waals surface area contributed by atoms with E-state index in [9.17, 15) is 4.79 Å². The quantitative estimate of drug-likeness (QED) is 0.786. The predicted molar refractivity (Wildman–Crippen MR) is 57.6 cm³/mol. The summed E-state index contributed by atoms with van der Waals surface area (Å²) in [5.74, 6) is 2.27. The van der Waals surface area contributed by atoms with E-state index in [1.165, 1.54) is 31.0 Å². The fourth-order valence-electron chi connectivity index (χ4n) is 3.21. The van der Waals surface area contributed by atoms with Crippen molar-refractivity contribution >= 4 is 17.5 Å². The summed E-state index contributed by atoms with van der Waals surface area (Å²) in [4.78, 5) is 12.0. The van der Waals surface area contributed by atoms with Crippen LogP contribution in [-0.4, -0.2) is 14.5 Å². The molecule has 0 aromatic carbocycles. The highest BCUT2D eigenvalue weighted by molar-refractivity contribution is 6.99. The smallest absolute Gasteiger partial charge is 0.142 e. The Morgan fingerprint density at radius 2 is 2.40 bits per heavy atom. The van der Waals surface area contributed by atoms with Gasteiger partial charge in [-0.15, -0.1) is 0 Å². The maximum atomic E-state index is 12.0. The predicted octanol–water partition coefficient (Wildman–Crippen LogP) is 2.09. The molecule has 0 N–H and O–H groups in total. The van der Waals surface area contributed by atoms with E-state index >= 15 is 0 Å². The summed E-state index contributed by atoms with van der Waals surface area (Å²) in [5, 5.41) is 0. The van der Waals surface area contributed by atoms with Gasteiger partial charge in [0.05, 0.1) is 30.0 Å². The molecule has 80 valence electrons. The second-order valence-electron chi connectivity index (χ2n) is 4.82. The van der Waals surface area contributed by atoms with Gasteiger partial charge in [-0.1, -0.05) is 6.42 Å². The molecular formula is C11H14N2OS. The number of fused-ring (bicyclic) bond motifs is 2. The summed E-state index contributed by atoms with van der Waals surface area (Å²) in [5.41, 5.74) is 0.854. The van der Waals surface area contributed by atoms with Crippen LogP contribution in [0.1, 0.15) is 31.4 Å². The second-order valence-corrected chi connectivity index (χ2v) is 5.38. The van der Waals surface area contributed by atoms with Gasteiger partial charge < -0.3 is 0 Å². The zero-order valence-corrected chi connectivity index (χ0v) is 9.37. The summed E-state index contributed by atoms with van der Waals surface area (Å²) in [6.07, 6.45) is 7.29. The van der Waals surface area contributed by atoms with Crippen molar-refractivity contribution in [3.8, 4) is 0 Å². The molecule has 0 aliphatic heterocycles. The van der Waals surface area contributed by atoms with Gasteiger partial charge in [-0.25, -0.2) is 0 Å². The van der Waals surface area contributed by atoms with Crippen LogP contribution in [0.25, 0.3) is 0 Å². The molecule has 0 spiro atoms. The van der Waals surface area contributed by atoms with Crippen molar-refractivity contribution in [2.24, 2.45) is 17.8 Å². The minimum atomic E-state index is 0.338. The fraction of sp³-hybridized carbons (Fsp3) is 0.727. The zero-order valence-electron chi connectivity index (χ0n) is 8.56. The average Bonchev–Trinajstić information content (AvgIpc) is 2.93. The summed E-state index contributed by atoms with van der Waals surface area (Å²) < 4.78 is 8.03.